The van der Waals surface area contributed by atoms with Gasteiger partial charge in [-0.1, -0.05) is 44.2 Å². The van der Waals surface area contributed by atoms with Crippen LogP contribution in [0.15, 0.2) is 59.9 Å². The fraction of sp³-hybridized carbons (Fsp3) is 0.250. The molecule has 3 aromatic rings. The first kappa shape index (κ1) is 18.2. The van der Waals surface area contributed by atoms with E-state index in [1.807, 2.05) is 49.5 Å². The van der Waals surface area contributed by atoms with Gasteiger partial charge in [0.05, 0.1) is 23.0 Å². The Labute approximate surface area is 157 Å². The molecule has 3 rings (SSSR count). The number of H-pyrrole nitrogens is 1. The highest BCUT2D eigenvalue weighted by molar-refractivity contribution is 7.99. The normalized spacial score (nSPS) is 11.9. The van der Waals surface area contributed by atoms with Crippen molar-refractivity contribution in [2.75, 3.05) is 5.75 Å². The summed E-state index contributed by atoms with van der Waals surface area (Å²) in [5, 5.41) is 3.92. The van der Waals surface area contributed by atoms with E-state index in [4.69, 9.17) is 0 Å². The van der Waals surface area contributed by atoms with Gasteiger partial charge in [-0.05, 0) is 29.9 Å². The van der Waals surface area contributed by atoms with Gasteiger partial charge in [-0.25, -0.2) is 9.97 Å². The molecule has 2 aromatic heterocycles. The highest BCUT2D eigenvalue weighted by atomic mass is 32.2. The van der Waals surface area contributed by atoms with Gasteiger partial charge in [-0.2, -0.15) is 0 Å². The Morgan fingerprint density at radius 2 is 2.00 bits per heavy atom. The molecule has 26 heavy (non-hydrogen) atoms. The Morgan fingerprint density at radius 1 is 1.19 bits per heavy atom. The van der Waals surface area contributed by atoms with Crippen molar-refractivity contribution in [3.8, 4) is 11.3 Å². The molecule has 134 valence electrons. The first-order valence-electron chi connectivity index (χ1n) is 8.71. The summed E-state index contributed by atoms with van der Waals surface area (Å²) >= 11 is 1.62. The number of carbonyl (C=O) groups excluding carboxylic acids is 1. The predicted molar refractivity (Wildman–Crippen MR) is 105 cm³/mol. The van der Waals surface area contributed by atoms with E-state index < -0.39 is 0 Å². The minimum Gasteiger partial charge on any atom is -0.342 e. The minimum absolute atomic E-state index is 0.116. The minimum atomic E-state index is -0.171. The Hall–Kier alpha value is -2.60. The standard InChI is InChI=1S/C20H22N4OS/c1-3-16(19-22-13-17(23-19)14-8-6-5-7-9-14)24-20(25)15-10-11-21-18(12-15)26-4-2/h5-13,16H,3-4H2,1-2H3,(H,22,23)(H,24,25). The van der Waals surface area contributed by atoms with Crippen LogP contribution in [0.25, 0.3) is 11.3 Å². The van der Waals surface area contributed by atoms with E-state index >= 15 is 0 Å². The van der Waals surface area contributed by atoms with Gasteiger partial charge in [0.15, 0.2) is 0 Å². The molecule has 6 heteroatoms. The van der Waals surface area contributed by atoms with Gasteiger partial charge in [-0.3, -0.25) is 4.79 Å². The molecule has 0 aliphatic heterocycles. The molecule has 0 radical (unpaired) electrons. The number of hydrogen-bond acceptors (Lipinski definition) is 4. The Bertz CT molecular complexity index is 863. The highest BCUT2D eigenvalue weighted by Gasteiger charge is 2.18. The first-order chi connectivity index (χ1) is 12.7. The maximum Gasteiger partial charge on any atom is 0.252 e. The topological polar surface area (TPSA) is 70.7 Å². The Morgan fingerprint density at radius 3 is 2.73 bits per heavy atom. The third-order valence-corrected chi connectivity index (χ3v) is 4.82. The van der Waals surface area contributed by atoms with Crippen LogP contribution in [0.5, 0.6) is 0 Å². The van der Waals surface area contributed by atoms with Crippen molar-refractivity contribution in [3.05, 3.63) is 66.2 Å². The molecule has 0 saturated carbocycles. The van der Waals surface area contributed by atoms with Gasteiger partial charge in [-0.15, -0.1) is 11.8 Å². The van der Waals surface area contributed by atoms with Gasteiger partial charge in [0.25, 0.3) is 5.91 Å². The molecular weight excluding hydrogens is 344 g/mol. The van der Waals surface area contributed by atoms with Crippen molar-refractivity contribution in [2.24, 2.45) is 0 Å². The summed E-state index contributed by atoms with van der Waals surface area (Å²) in [5.41, 5.74) is 2.63. The van der Waals surface area contributed by atoms with Crippen LogP contribution in [0, 0.1) is 0 Å². The number of amides is 1. The zero-order valence-corrected chi connectivity index (χ0v) is 15.7. The fourth-order valence-electron chi connectivity index (χ4n) is 2.66. The van der Waals surface area contributed by atoms with Gasteiger partial charge in [0.1, 0.15) is 5.82 Å². The number of aromatic amines is 1. The molecule has 2 N–H and O–H groups in total. The zero-order chi connectivity index (χ0) is 18.4. The smallest absolute Gasteiger partial charge is 0.252 e. The van der Waals surface area contributed by atoms with Crippen molar-refractivity contribution in [3.63, 3.8) is 0 Å². The summed E-state index contributed by atoms with van der Waals surface area (Å²) in [6, 6.07) is 13.4. The predicted octanol–water partition coefficient (Wildman–Crippen LogP) is 4.46. The van der Waals surface area contributed by atoms with Crippen LogP contribution < -0.4 is 5.32 Å². The number of imidazole rings is 1. The largest absolute Gasteiger partial charge is 0.342 e. The lowest BCUT2D eigenvalue weighted by molar-refractivity contribution is 0.0933. The van der Waals surface area contributed by atoms with E-state index in [2.05, 4.69) is 27.2 Å². The van der Waals surface area contributed by atoms with Crippen LogP contribution in [0.4, 0.5) is 0 Å². The van der Waals surface area contributed by atoms with Crippen LogP contribution >= 0.6 is 11.8 Å². The van der Waals surface area contributed by atoms with Crippen molar-refractivity contribution >= 4 is 17.7 Å². The molecule has 1 aromatic carbocycles. The number of thioether (sulfide) groups is 1. The van der Waals surface area contributed by atoms with Gasteiger partial charge in [0.2, 0.25) is 0 Å². The maximum absolute atomic E-state index is 12.6. The SMILES string of the molecule is CCSc1cc(C(=O)NC(CC)c2ncc(-c3ccccc3)[nH]2)ccn1. The molecule has 5 nitrogen and oxygen atoms in total. The molecule has 0 aliphatic rings. The number of nitrogens with zero attached hydrogens (tertiary/aromatic N) is 2. The molecule has 0 bridgehead atoms. The fourth-order valence-corrected chi connectivity index (χ4v) is 3.30. The number of carbonyl (C=O) groups is 1. The quantitative estimate of drug-likeness (QED) is 0.606. The van der Waals surface area contributed by atoms with Crippen LogP contribution in [-0.4, -0.2) is 26.6 Å². The molecule has 1 amide bonds. The van der Waals surface area contributed by atoms with E-state index in [0.717, 1.165) is 34.3 Å². The Kier molecular flexibility index (Phi) is 6.07. The van der Waals surface area contributed by atoms with E-state index in [-0.39, 0.29) is 11.9 Å². The second-order valence-electron chi connectivity index (χ2n) is 5.80. The van der Waals surface area contributed by atoms with Crippen LogP contribution in [0.3, 0.4) is 0 Å². The molecule has 0 spiro atoms. The molecule has 2 heterocycles. The lowest BCUT2D eigenvalue weighted by Gasteiger charge is -2.15. The van der Waals surface area contributed by atoms with Crippen LogP contribution in [0.1, 0.15) is 42.5 Å². The zero-order valence-electron chi connectivity index (χ0n) is 14.9. The summed E-state index contributed by atoms with van der Waals surface area (Å²) in [6.07, 6.45) is 4.23. The number of nitrogens with one attached hydrogen (secondary N) is 2. The second kappa shape index (κ2) is 8.67. The van der Waals surface area contributed by atoms with E-state index in [1.54, 1.807) is 24.0 Å². The maximum atomic E-state index is 12.6. The van der Waals surface area contributed by atoms with Crippen LogP contribution in [0.2, 0.25) is 0 Å². The average molecular weight is 366 g/mol. The third kappa shape index (κ3) is 4.32. The molecule has 1 unspecified atom stereocenters. The molecular formula is C20H22N4OS. The number of benzene rings is 1. The number of hydrogen-bond donors (Lipinski definition) is 2. The van der Waals surface area contributed by atoms with Crippen molar-refractivity contribution in [2.45, 2.75) is 31.3 Å². The van der Waals surface area contributed by atoms with Crippen LogP contribution in [-0.2, 0) is 0 Å². The molecule has 0 saturated heterocycles. The highest BCUT2D eigenvalue weighted by Crippen LogP contribution is 2.21. The first-order valence-corrected chi connectivity index (χ1v) is 9.69. The van der Waals surface area contributed by atoms with Crippen molar-refractivity contribution in [1.82, 2.24) is 20.3 Å². The third-order valence-electron chi connectivity index (χ3n) is 4.01. The van der Waals surface area contributed by atoms with Crippen molar-refractivity contribution in [1.29, 1.82) is 0 Å². The van der Waals surface area contributed by atoms with E-state index in [1.165, 1.54) is 0 Å². The second-order valence-corrected chi connectivity index (χ2v) is 7.08. The summed E-state index contributed by atoms with van der Waals surface area (Å²) in [5.74, 6) is 1.57. The van der Waals surface area contributed by atoms with Gasteiger partial charge >= 0.3 is 0 Å². The molecule has 0 aliphatic carbocycles. The molecule has 0 fully saturated rings. The number of aromatic nitrogens is 3. The summed E-state index contributed by atoms with van der Waals surface area (Å²) in [7, 11) is 0. The van der Waals surface area contributed by atoms with Crippen molar-refractivity contribution < 1.29 is 4.79 Å². The summed E-state index contributed by atoms with van der Waals surface area (Å²) in [4.78, 5) is 24.7. The monoisotopic (exact) mass is 366 g/mol. The molecule has 1 atom stereocenters. The number of rotatable bonds is 7. The van der Waals surface area contributed by atoms with Gasteiger partial charge in [0, 0.05) is 11.8 Å². The lowest BCUT2D eigenvalue weighted by Crippen LogP contribution is -2.29. The Balaban J connectivity index is 1.74. The average Bonchev–Trinajstić information content (AvgIpc) is 3.17. The lowest BCUT2D eigenvalue weighted by atomic mass is 10.1. The number of pyridine rings is 1. The summed E-state index contributed by atoms with van der Waals surface area (Å²) < 4.78 is 0. The van der Waals surface area contributed by atoms with E-state index in [0.29, 0.717) is 5.56 Å². The van der Waals surface area contributed by atoms with Gasteiger partial charge < -0.3 is 10.3 Å². The summed E-state index contributed by atoms with van der Waals surface area (Å²) in [6.45, 7) is 4.09. The van der Waals surface area contributed by atoms with E-state index in [9.17, 15) is 4.79 Å².